The summed E-state index contributed by atoms with van der Waals surface area (Å²) < 4.78 is 9.15. The number of benzene rings is 12. The topological polar surface area (TPSA) is 21.3 Å². The molecule has 0 aliphatic heterocycles. The summed E-state index contributed by atoms with van der Waals surface area (Å²) in [7, 11) is 0. The van der Waals surface area contributed by atoms with Crippen molar-refractivity contribution in [2.45, 2.75) is 0 Å². The van der Waals surface area contributed by atoms with Crippen LogP contribution in [0.25, 0.3) is 116 Å². The second kappa shape index (κ2) is 17.6. The van der Waals surface area contributed by atoms with E-state index in [1.165, 1.54) is 60.6 Å². The zero-order valence-electron chi connectivity index (χ0n) is 39.9. The molecule has 0 N–H and O–H groups in total. The van der Waals surface area contributed by atoms with E-state index in [9.17, 15) is 0 Å². The fraction of sp³-hybridized carbons (Fsp3) is 0. The lowest BCUT2D eigenvalue weighted by molar-refractivity contribution is 0.669. The summed E-state index contributed by atoms with van der Waals surface area (Å²) in [6.45, 7) is 0. The van der Waals surface area contributed by atoms with Crippen molar-refractivity contribution in [3.63, 3.8) is 0 Å². The summed E-state index contributed by atoms with van der Waals surface area (Å²) in [4.78, 5) is 2.40. The van der Waals surface area contributed by atoms with Crippen LogP contribution in [0.1, 0.15) is 0 Å². The molecule has 12 aromatic carbocycles. The predicted octanol–water partition coefficient (Wildman–Crippen LogP) is 19.6. The molecule has 342 valence electrons. The van der Waals surface area contributed by atoms with Gasteiger partial charge in [0.2, 0.25) is 0 Å². The Morgan fingerprint density at radius 3 is 1.55 bits per heavy atom. The molecule has 0 bridgehead atoms. The van der Waals surface area contributed by atoms with Crippen LogP contribution in [-0.4, -0.2) is 4.57 Å². The highest BCUT2D eigenvalue weighted by atomic mass is 16.3. The summed E-state index contributed by atoms with van der Waals surface area (Å²) in [5.41, 5.74) is 20.2. The van der Waals surface area contributed by atoms with E-state index in [0.29, 0.717) is 0 Å². The van der Waals surface area contributed by atoms with Gasteiger partial charge in [0.05, 0.1) is 16.7 Å². The van der Waals surface area contributed by atoms with E-state index in [1.807, 2.05) is 0 Å². The van der Waals surface area contributed by atoms with E-state index >= 15 is 0 Å². The SMILES string of the molecule is c1ccc(-c2ccc(N(c3ccc(-c4ccc5c(-c6cccc7c6c6ccccc6n7-c6ccccc6)cc6oc7ccccc7c6c5c4)cc3)c3ccccc3-c3ccccc3-c3ccccc3)cc2)cc1. The lowest BCUT2D eigenvalue weighted by Gasteiger charge is -2.29. The van der Waals surface area contributed by atoms with Crippen LogP contribution in [-0.2, 0) is 0 Å². The molecule has 0 amide bonds. The Kier molecular flexibility index (Phi) is 10.2. The zero-order chi connectivity index (χ0) is 48.2. The molecule has 2 heterocycles. The van der Waals surface area contributed by atoms with Crippen molar-refractivity contribution in [2.24, 2.45) is 0 Å². The van der Waals surface area contributed by atoms with Crippen LogP contribution in [0, 0.1) is 0 Å². The van der Waals surface area contributed by atoms with Gasteiger partial charge in [0.15, 0.2) is 0 Å². The van der Waals surface area contributed by atoms with Crippen molar-refractivity contribution < 1.29 is 4.42 Å². The van der Waals surface area contributed by atoms with Gasteiger partial charge >= 0.3 is 0 Å². The van der Waals surface area contributed by atoms with E-state index in [2.05, 4.69) is 289 Å². The monoisotopic (exact) mass is 930 g/mol. The molecule has 0 saturated carbocycles. The van der Waals surface area contributed by atoms with E-state index in [4.69, 9.17) is 4.42 Å². The van der Waals surface area contributed by atoms with Gasteiger partial charge in [-0.25, -0.2) is 0 Å². The number of hydrogen-bond acceptors (Lipinski definition) is 2. The first-order valence-corrected chi connectivity index (χ1v) is 25.0. The van der Waals surface area contributed by atoms with Crippen molar-refractivity contribution in [1.82, 2.24) is 4.57 Å². The molecule has 0 unspecified atom stereocenters. The molecular weight excluding hydrogens is 885 g/mol. The fourth-order valence-electron chi connectivity index (χ4n) is 11.3. The van der Waals surface area contributed by atoms with Crippen LogP contribution in [0.2, 0.25) is 0 Å². The van der Waals surface area contributed by atoms with Crippen LogP contribution in [0.5, 0.6) is 0 Å². The highest BCUT2D eigenvalue weighted by Crippen LogP contribution is 2.47. The van der Waals surface area contributed by atoms with Gasteiger partial charge < -0.3 is 13.9 Å². The number of furan rings is 1. The lowest BCUT2D eigenvalue weighted by Crippen LogP contribution is -2.11. The van der Waals surface area contributed by atoms with Crippen molar-refractivity contribution in [2.75, 3.05) is 4.90 Å². The van der Waals surface area contributed by atoms with Gasteiger partial charge in [-0.2, -0.15) is 0 Å². The van der Waals surface area contributed by atoms with Crippen molar-refractivity contribution >= 4 is 71.6 Å². The Morgan fingerprint density at radius 2 is 0.808 bits per heavy atom. The minimum absolute atomic E-state index is 0.876. The number of rotatable bonds is 9. The number of hydrogen-bond donors (Lipinski definition) is 0. The number of nitrogens with zero attached hydrogens (tertiary/aromatic N) is 2. The maximum atomic E-state index is 6.76. The second-order valence-corrected chi connectivity index (χ2v) is 18.8. The van der Waals surface area contributed by atoms with Gasteiger partial charge in [-0.15, -0.1) is 0 Å². The fourth-order valence-corrected chi connectivity index (χ4v) is 11.3. The molecular formula is C70H46N2O. The van der Waals surface area contributed by atoms with E-state index in [1.54, 1.807) is 0 Å². The normalized spacial score (nSPS) is 11.6. The Hall–Kier alpha value is -9.70. The number of anilines is 3. The largest absolute Gasteiger partial charge is 0.456 e. The van der Waals surface area contributed by atoms with Gasteiger partial charge in [0, 0.05) is 44.2 Å². The number of para-hydroxylation sites is 4. The molecule has 2 aromatic heterocycles. The van der Waals surface area contributed by atoms with E-state index in [0.717, 1.165) is 72.3 Å². The van der Waals surface area contributed by atoms with Crippen molar-refractivity contribution in [3.8, 4) is 61.3 Å². The van der Waals surface area contributed by atoms with Crippen molar-refractivity contribution in [3.05, 3.63) is 279 Å². The third-order valence-corrected chi connectivity index (χ3v) is 14.6. The quantitative estimate of drug-likeness (QED) is 0.144. The molecule has 73 heavy (non-hydrogen) atoms. The van der Waals surface area contributed by atoms with Crippen LogP contribution < -0.4 is 4.90 Å². The predicted molar refractivity (Wildman–Crippen MR) is 307 cm³/mol. The van der Waals surface area contributed by atoms with Gasteiger partial charge in [-0.3, -0.25) is 0 Å². The average molecular weight is 931 g/mol. The molecule has 0 radical (unpaired) electrons. The first kappa shape index (κ1) is 42.2. The average Bonchev–Trinajstić information content (AvgIpc) is 4.02. The molecule has 0 atom stereocenters. The maximum Gasteiger partial charge on any atom is 0.136 e. The van der Waals surface area contributed by atoms with E-state index in [-0.39, 0.29) is 0 Å². The third-order valence-electron chi connectivity index (χ3n) is 14.6. The van der Waals surface area contributed by atoms with Gasteiger partial charge in [-0.1, -0.05) is 206 Å². The van der Waals surface area contributed by atoms with Crippen molar-refractivity contribution in [1.29, 1.82) is 0 Å². The molecule has 3 nitrogen and oxygen atoms in total. The molecule has 0 fully saturated rings. The smallest absolute Gasteiger partial charge is 0.136 e. The summed E-state index contributed by atoms with van der Waals surface area (Å²) in [6.07, 6.45) is 0. The highest BCUT2D eigenvalue weighted by molar-refractivity contribution is 6.25. The highest BCUT2D eigenvalue weighted by Gasteiger charge is 2.22. The number of fused-ring (bicyclic) bond motifs is 8. The van der Waals surface area contributed by atoms with Gasteiger partial charge in [0.25, 0.3) is 0 Å². The van der Waals surface area contributed by atoms with Crippen LogP contribution in [0.3, 0.4) is 0 Å². The number of aromatic nitrogens is 1. The summed E-state index contributed by atoms with van der Waals surface area (Å²) >= 11 is 0. The first-order chi connectivity index (χ1) is 36.2. The Labute approximate surface area is 423 Å². The zero-order valence-corrected chi connectivity index (χ0v) is 39.9. The Balaban J connectivity index is 0.927. The molecule has 0 aliphatic rings. The molecule has 0 saturated heterocycles. The standard InChI is InChI=1S/C70H46N2O/c1-4-19-47(20-5-1)48-35-40-53(41-36-48)71(64-31-15-12-27-58(64)56-26-11-10-25-55(56)50-21-6-2-7-22-50)54-42-37-49(38-43-54)51-39-44-57-62(46-68-70(63(57)45-51)61-29-14-17-34-67(61)73-68)59-30-18-33-66-69(59)60-28-13-16-32-65(60)72(66)52-23-8-3-9-24-52/h1-46H. The molecule has 0 aliphatic carbocycles. The van der Waals surface area contributed by atoms with E-state index < -0.39 is 0 Å². The minimum Gasteiger partial charge on any atom is -0.456 e. The van der Waals surface area contributed by atoms with Crippen LogP contribution in [0.4, 0.5) is 17.1 Å². The minimum atomic E-state index is 0.876. The van der Waals surface area contributed by atoms with Crippen LogP contribution in [0.15, 0.2) is 283 Å². The Bertz CT molecular complexity index is 4340. The Morgan fingerprint density at radius 1 is 0.274 bits per heavy atom. The molecule has 14 rings (SSSR count). The summed E-state index contributed by atoms with van der Waals surface area (Å²) in [6, 6.07) is 101. The lowest BCUT2D eigenvalue weighted by atomic mass is 9.90. The molecule has 3 heteroatoms. The summed E-state index contributed by atoms with van der Waals surface area (Å²) in [5.74, 6) is 0. The summed E-state index contributed by atoms with van der Waals surface area (Å²) in [5, 5.41) is 7.03. The molecule has 0 spiro atoms. The van der Waals surface area contributed by atoms with Gasteiger partial charge in [0.1, 0.15) is 11.2 Å². The van der Waals surface area contributed by atoms with Gasteiger partial charge in [-0.05, 0) is 134 Å². The second-order valence-electron chi connectivity index (χ2n) is 18.8. The first-order valence-electron chi connectivity index (χ1n) is 25.0. The maximum absolute atomic E-state index is 6.76. The molecule has 14 aromatic rings. The van der Waals surface area contributed by atoms with Crippen LogP contribution >= 0.6 is 0 Å². The third kappa shape index (κ3) is 7.21.